The SMILES string of the molecule is Oc1ccc(C=Cc2ccccc2)c2cccnc12. The highest BCUT2D eigenvalue weighted by Crippen LogP contribution is 2.26. The fraction of sp³-hybridized carbons (Fsp3) is 0. The Labute approximate surface area is 111 Å². The minimum Gasteiger partial charge on any atom is -0.506 e. The number of hydrogen-bond donors (Lipinski definition) is 1. The van der Waals surface area contributed by atoms with Crippen molar-refractivity contribution in [2.45, 2.75) is 0 Å². The Morgan fingerprint density at radius 1 is 0.842 bits per heavy atom. The summed E-state index contributed by atoms with van der Waals surface area (Å²) in [5.74, 6) is 0.215. The second-order valence-electron chi connectivity index (χ2n) is 4.32. The zero-order valence-electron chi connectivity index (χ0n) is 10.3. The van der Waals surface area contributed by atoms with Crippen LogP contribution in [0.3, 0.4) is 0 Å². The van der Waals surface area contributed by atoms with E-state index >= 15 is 0 Å². The molecule has 1 heterocycles. The zero-order valence-corrected chi connectivity index (χ0v) is 10.3. The van der Waals surface area contributed by atoms with E-state index in [1.165, 1.54) is 0 Å². The first kappa shape index (κ1) is 11.5. The predicted octanol–water partition coefficient (Wildman–Crippen LogP) is 4.11. The molecule has 0 aliphatic heterocycles. The van der Waals surface area contributed by atoms with Crippen molar-refractivity contribution in [3.05, 3.63) is 71.9 Å². The van der Waals surface area contributed by atoms with Crippen LogP contribution in [0.4, 0.5) is 0 Å². The van der Waals surface area contributed by atoms with Crippen molar-refractivity contribution in [3.63, 3.8) is 0 Å². The Kier molecular flexibility index (Phi) is 2.99. The summed E-state index contributed by atoms with van der Waals surface area (Å²) >= 11 is 0. The van der Waals surface area contributed by atoms with Crippen LogP contribution in [0.15, 0.2) is 60.8 Å². The molecule has 0 amide bonds. The lowest BCUT2D eigenvalue weighted by atomic mass is 10.1. The second kappa shape index (κ2) is 4.94. The number of rotatable bonds is 2. The lowest BCUT2D eigenvalue weighted by molar-refractivity contribution is 0.480. The Balaban J connectivity index is 2.07. The highest BCUT2D eigenvalue weighted by Gasteiger charge is 2.03. The first-order valence-corrected chi connectivity index (χ1v) is 6.14. The second-order valence-corrected chi connectivity index (χ2v) is 4.32. The molecule has 0 saturated heterocycles. The summed E-state index contributed by atoms with van der Waals surface area (Å²) in [5, 5.41) is 10.7. The molecule has 0 spiro atoms. The van der Waals surface area contributed by atoms with E-state index in [1.807, 2.05) is 42.5 Å². The summed E-state index contributed by atoms with van der Waals surface area (Å²) < 4.78 is 0. The Bertz CT molecular complexity index is 733. The molecular formula is C17H13NO. The van der Waals surface area contributed by atoms with Gasteiger partial charge in [-0.3, -0.25) is 4.98 Å². The fourth-order valence-electron chi connectivity index (χ4n) is 2.08. The van der Waals surface area contributed by atoms with Gasteiger partial charge in [0.2, 0.25) is 0 Å². The highest BCUT2D eigenvalue weighted by molar-refractivity contribution is 5.93. The molecule has 1 N–H and O–H groups in total. The van der Waals surface area contributed by atoms with Gasteiger partial charge in [-0.2, -0.15) is 0 Å². The van der Waals surface area contributed by atoms with Crippen LogP contribution in [0.5, 0.6) is 5.75 Å². The van der Waals surface area contributed by atoms with Crippen LogP contribution < -0.4 is 0 Å². The molecule has 2 nitrogen and oxygen atoms in total. The third kappa shape index (κ3) is 2.33. The molecule has 92 valence electrons. The molecule has 0 aliphatic carbocycles. The van der Waals surface area contributed by atoms with Crippen molar-refractivity contribution in [2.75, 3.05) is 0 Å². The van der Waals surface area contributed by atoms with Crippen molar-refractivity contribution in [3.8, 4) is 5.75 Å². The summed E-state index contributed by atoms with van der Waals surface area (Å²) in [6.07, 6.45) is 5.78. The minimum atomic E-state index is 0.215. The van der Waals surface area contributed by atoms with Crippen LogP contribution >= 0.6 is 0 Å². The quantitative estimate of drug-likeness (QED) is 0.691. The molecule has 0 saturated carbocycles. The topological polar surface area (TPSA) is 33.1 Å². The van der Waals surface area contributed by atoms with Gasteiger partial charge in [0.15, 0.2) is 0 Å². The van der Waals surface area contributed by atoms with Crippen molar-refractivity contribution in [1.29, 1.82) is 0 Å². The van der Waals surface area contributed by atoms with Crippen LogP contribution in [-0.4, -0.2) is 10.1 Å². The van der Waals surface area contributed by atoms with Gasteiger partial charge in [0.1, 0.15) is 11.3 Å². The largest absolute Gasteiger partial charge is 0.506 e. The molecule has 0 aliphatic rings. The number of nitrogens with zero attached hydrogens (tertiary/aromatic N) is 1. The number of benzene rings is 2. The van der Waals surface area contributed by atoms with Crippen molar-refractivity contribution in [1.82, 2.24) is 4.98 Å². The van der Waals surface area contributed by atoms with Gasteiger partial charge in [0, 0.05) is 11.6 Å². The summed E-state index contributed by atoms with van der Waals surface area (Å²) in [7, 11) is 0. The lowest BCUT2D eigenvalue weighted by Crippen LogP contribution is -1.82. The van der Waals surface area contributed by atoms with E-state index in [9.17, 15) is 5.11 Å². The molecule has 0 atom stereocenters. The van der Waals surface area contributed by atoms with E-state index in [0.29, 0.717) is 5.52 Å². The monoisotopic (exact) mass is 247 g/mol. The first-order chi connectivity index (χ1) is 9.34. The van der Waals surface area contributed by atoms with Crippen LogP contribution in [0.25, 0.3) is 23.1 Å². The summed E-state index contributed by atoms with van der Waals surface area (Å²) in [6.45, 7) is 0. The standard InChI is InChI=1S/C17H13NO/c19-16-11-10-14(15-7-4-12-18-17(15)16)9-8-13-5-2-1-3-6-13/h1-12,19H. The zero-order chi connectivity index (χ0) is 13.1. The number of phenols is 1. The average molecular weight is 247 g/mol. The summed E-state index contributed by atoms with van der Waals surface area (Å²) in [5.41, 5.74) is 2.83. The molecule has 0 radical (unpaired) electrons. The molecule has 0 fully saturated rings. The van der Waals surface area contributed by atoms with Crippen LogP contribution in [0.2, 0.25) is 0 Å². The molecule has 19 heavy (non-hydrogen) atoms. The molecule has 1 aromatic heterocycles. The molecule has 0 bridgehead atoms. The maximum Gasteiger partial charge on any atom is 0.141 e. The van der Waals surface area contributed by atoms with E-state index in [-0.39, 0.29) is 5.75 Å². The summed E-state index contributed by atoms with van der Waals surface area (Å²) in [4.78, 5) is 4.21. The van der Waals surface area contributed by atoms with Gasteiger partial charge in [-0.15, -0.1) is 0 Å². The van der Waals surface area contributed by atoms with Crippen molar-refractivity contribution in [2.24, 2.45) is 0 Å². The normalized spacial score (nSPS) is 11.2. The number of aromatic hydroxyl groups is 1. The fourth-order valence-corrected chi connectivity index (χ4v) is 2.08. The number of hydrogen-bond acceptors (Lipinski definition) is 2. The van der Waals surface area contributed by atoms with E-state index in [2.05, 4.69) is 23.2 Å². The molecule has 3 aromatic rings. The molecular weight excluding hydrogens is 234 g/mol. The van der Waals surface area contributed by atoms with Crippen LogP contribution in [-0.2, 0) is 0 Å². The highest BCUT2D eigenvalue weighted by atomic mass is 16.3. The third-order valence-corrected chi connectivity index (χ3v) is 3.04. The third-order valence-electron chi connectivity index (χ3n) is 3.04. The van der Waals surface area contributed by atoms with E-state index in [1.54, 1.807) is 12.3 Å². The number of pyridine rings is 1. The van der Waals surface area contributed by atoms with Gasteiger partial charge >= 0.3 is 0 Å². The summed E-state index contributed by atoms with van der Waals surface area (Å²) in [6, 6.07) is 17.5. The average Bonchev–Trinajstić information content (AvgIpc) is 2.48. The van der Waals surface area contributed by atoms with Gasteiger partial charge in [0.05, 0.1) is 0 Å². The number of phenolic OH excluding ortho intramolecular Hbond substituents is 1. The van der Waals surface area contributed by atoms with Crippen LogP contribution in [0.1, 0.15) is 11.1 Å². The maximum atomic E-state index is 9.79. The van der Waals surface area contributed by atoms with Gasteiger partial charge in [-0.1, -0.05) is 54.6 Å². The van der Waals surface area contributed by atoms with E-state index in [0.717, 1.165) is 16.5 Å². The number of aromatic nitrogens is 1. The Hall–Kier alpha value is -2.61. The van der Waals surface area contributed by atoms with Crippen molar-refractivity contribution < 1.29 is 5.11 Å². The smallest absolute Gasteiger partial charge is 0.141 e. The predicted molar refractivity (Wildman–Crippen MR) is 78.8 cm³/mol. The molecule has 2 aromatic carbocycles. The van der Waals surface area contributed by atoms with Gasteiger partial charge in [0.25, 0.3) is 0 Å². The molecule has 0 unspecified atom stereocenters. The van der Waals surface area contributed by atoms with Crippen LogP contribution in [0, 0.1) is 0 Å². The maximum absolute atomic E-state index is 9.79. The van der Waals surface area contributed by atoms with E-state index in [4.69, 9.17) is 0 Å². The lowest BCUT2D eigenvalue weighted by Gasteiger charge is -2.03. The van der Waals surface area contributed by atoms with E-state index < -0.39 is 0 Å². The first-order valence-electron chi connectivity index (χ1n) is 6.14. The van der Waals surface area contributed by atoms with Gasteiger partial charge in [-0.05, 0) is 23.3 Å². The minimum absolute atomic E-state index is 0.215. The number of fused-ring (bicyclic) bond motifs is 1. The Morgan fingerprint density at radius 2 is 1.68 bits per heavy atom. The molecule has 3 rings (SSSR count). The molecule has 2 heteroatoms. The van der Waals surface area contributed by atoms with Gasteiger partial charge in [-0.25, -0.2) is 0 Å². The Morgan fingerprint density at radius 3 is 2.53 bits per heavy atom. The van der Waals surface area contributed by atoms with Gasteiger partial charge < -0.3 is 5.11 Å². The van der Waals surface area contributed by atoms with Crippen molar-refractivity contribution >= 4 is 23.1 Å².